The molecule has 0 radical (unpaired) electrons. The number of aromatic nitrogens is 1. The summed E-state index contributed by atoms with van der Waals surface area (Å²) in [5.41, 5.74) is 3.77. The molecule has 1 atom stereocenters. The van der Waals surface area contributed by atoms with Gasteiger partial charge in [0.2, 0.25) is 0 Å². The number of rotatable bonds is 9. The number of hydrogen-bond donors (Lipinski definition) is 2. The molecule has 2 heterocycles. The van der Waals surface area contributed by atoms with Crippen molar-refractivity contribution in [2.75, 3.05) is 6.54 Å². The van der Waals surface area contributed by atoms with Crippen molar-refractivity contribution in [3.05, 3.63) is 89.1 Å². The summed E-state index contributed by atoms with van der Waals surface area (Å²) in [7, 11) is 0. The van der Waals surface area contributed by atoms with E-state index >= 15 is 0 Å². The van der Waals surface area contributed by atoms with Crippen LogP contribution in [-0.4, -0.2) is 23.5 Å². The van der Waals surface area contributed by atoms with E-state index in [0.29, 0.717) is 24.8 Å². The number of carbonyl (C=O) groups is 1. The van der Waals surface area contributed by atoms with Gasteiger partial charge in [-0.25, -0.2) is 0 Å². The van der Waals surface area contributed by atoms with E-state index < -0.39 is 0 Å². The van der Waals surface area contributed by atoms with Crippen molar-refractivity contribution in [1.82, 2.24) is 10.3 Å². The maximum atomic E-state index is 12.4. The Bertz CT molecular complexity index is 986. The van der Waals surface area contributed by atoms with Gasteiger partial charge in [0, 0.05) is 30.4 Å². The van der Waals surface area contributed by atoms with E-state index in [-0.39, 0.29) is 11.3 Å². The van der Waals surface area contributed by atoms with Crippen LogP contribution in [0.4, 0.5) is 0 Å². The van der Waals surface area contributed by atoms with Crippen molar-refractivity contribution in [3.8, 4) is 0 Å². The molecular formula is C27H36N3O2+. The van der Waals surface area contributed by atoms with E-state index in [1.807, 2.05) is 24.3 Å². The quantitative estimate of drug-likeness (QED) is 0.536. The van der Waals surface area contributed by atoms with Gasteiger partial charge in [0.05, 0.1) is 6.04 Å². The van der Waals surface area contributed by atoms with Gasteiger partial charge >= 0.3 is 0 Å². The molecular weight excluding hydrogens is 398 g/mol. The lowest BCUT2D eigenvalue weighted by atomic mass is 9.87. The van der Waals surface area contributed by atoms with Gasteiger partial charge in [-0.1, -0.05) is 51.1 Å². The van der Waals surface area contributed by atoms with Crippen molar-refractivity contribution >= 4 is 5.91 Å². The summed E-state index contributed by atoms with van der Waals surface area (Å²) in [4.78, 5) is 18.1. The number of furan rings is 1. The zero-order chi connectivity index (χ0) is 23.1. The Balaban J connectivity index is 1.56. The minimum Gasteiger partial charge on any atom is -0.450 e. The lowest BCUT2D eigenvalue weighted by molar-refractivity contribution is -0.949. The Morgan fingerprint density at radius 1 is 1.03 bits per heavy atom. The summed E-state index contributed by atoms with van der Waals surface area (Å²) < 4.78 is 5.88. The summed E-state index contributed by atoms with van der Waals surface area (Å²) in [5.74, 6) is 1.00. The molecule has 2 aromatic heterocycles. The SMILES string of the molecule is CC(C)[NH+](Cc1ccc(C(C)(C)C)cc1)Cc1ccc(C(=O)NCCc2ccccn2)o1. The third kappa shape index (κ3) is 6.79. The van der Waals surface area contributed by atoms with E-state index in [1.54, 1.807) is 12.3 Å². The number of nitrogens with zero attached hydrogens (tertiary/aromatic N) is 1. The summed E-state index contributed by atoms with van der Waals surface area (Å²) in [6.45, 7) is 13.3. The van der Waals surface area contributed by atoms with Crippen LogP contribution >= 0.6 is 0 Å². The normalized spacial score (nSPS) is 12.7. The summed E-state index contributed by atoms with van der Waals surface area (Å²) in [6.07, 6.45) is 2.46. The molecule has 0 spiro atoms. The number of pyridine rings is 1. The summed E-state index contributed by atoms with van der Waals surface area (Å²) in [6, 6.07) is 18.8. The average Bonchev–Trinajstić information content (AvgIpc) is 3.22. The van der Waals surface area contributed by atoms with Gasteiger partial charge in [0.15, 0.2) is 11.5 Å². The van der Waals surface area contributed by atoms with E-state index in [2.05, 4.69) is 69.2 Å². The number of quaternary nitrogens is 1. The van der Waals surface area contributed by atoms with E-state index in [9.17, 15) is 4.79 Å². The predicted octanol–water partition coefficient (Wildman–Crippen LogP) is 3.94. The predicted molar refractivity (Wildman–Crippen MR) is 128 cm³/mol. The van der Waals surface area contributed by atoms with Gasteiger partial charge in [0.25, 0.3) is 5.91 Å². The number of hydrogen-bond acceptors (Lipinski definition) is 3. The van der Waals surface area contributed by atoms with Crippen molar-refractivity contribution in [2.45, 2.75) is 65.6 Å². The Kier molecular flexibility index (Phi) is 7.86. The molecule has 3 aromatic rings. The number of carbonyl (C=O) groups excluding carboxylic acids is 1. The molecule has 2 N–H and O–H groups in total. The summed E-state index contributed by atoms with van der Waals surface area (Å²) >= 11 is 0. The van der Waals surface area contributed by atoms with Crippen LogP contribution in [0.3, 0.4) is 0 Å². The van der Waals surface area contributed by atoms with Crippen molar-refractivity contribution < 1.29 is 14.1 Å². The Labute approximate surface area is 191 Å². The van der Waals surface area contributed by atoms with Crippen LogP contribution in [0, 0.1) is 0 Å². The molecule has 5 nitrogen and oxygen atoms in total. The molecule has 0 saturated heterocycles. The third-order valence-corrected chi connectivity index (χ3v) is 5.75. The highest BCUT2D eigenvalue weighted by atomic mass is 16.4. The lowest BCUT2D eigenvalue weighted by Crippen LogP contribution is -3.12. The standard InChI is InChI=1S/C27H35N3O2/c1-20(2)30(18-21-9-11-22(12-10-21)27(3,4)5)19-24-13-14-25(32-24)26(31)29-17-15-23-8-6-7-16-28-23/h6-14,16,20H,15,17-19H2,1-5H3,(H,29,31)/p+1. The first-order chi connectivity index (χ1) is 15.2. The van der Waals surface area contributed by atoms with Crippen molar-refractivity contribution in [1.29, 1.82) is 0 Å². The highest BCUT2D eigenvalue weighted by Gasteiger charge is 2.19. The molecule has 0 fully saturated rings. The van der Waals surface area contributed by atoms with Crippen molar-refractivity contribution in [3.63, 3.8) is 0 Å². The van der Waals surface area contributed by atoms with Crippen LogP contribution in [0.2, 0.25) is 0 Å². The summed E-state index contributed by atoms with van der Waals surface area (Å²) in [5, 5.41) is 2.91. The molecule has 0 bridgehead atoms. The largest absolute Gasteiger partial charge is 0.450 e. The Hall–Kier alpha value is -2.92. The van der Waals surface area contributed by atoms with E-state index in [1.165, 1.54) is 16.0 Å². The van der Waals surface area contributed by atoms with Gasteiger partial charge in [-0.2, -0.15) is 0 Å². The molecule has 5 heteroatoms. The van der Waals surface area contributed by atoms with Gasteiger partial charge < -0.3 is 14.6 Å². The Morgan fingerprint density at radius 2 is 1.78 bits per heavy atom. The van der Waals surface area contributed by atoms with Gasteiger partial charge in [0.1, 0.15) is 13.1 Å². The first-order valence-electron chi connectivity index (χ1n) is 11.4. The Morgan fingerprint density at radius 3 is 2.41 bits per heavy atom. The monoisotopic (exact) mass is 434 g/mol. The molecule has 3 rings (SSSR count). The molecule has 0 saturated carbocycles. The van der Waals surface area contributed by atoms with E-state index in [0.717, 1.165) is 24.5 Å². The fourth-order valence-corrected chi connectivity index (χ4v) is 3.61. The third-order valence-electron chi connectivity index (χ3n) is 5.75. The lowest BCUT2D eigenvalue weighted by Gasteiger charge is -2.23. The molecule has 1 amide bonds. The topological polar surface area (TPSA) is 59.6 Å². The van der Waals surface area contributed by atoms with Crippen LogP contribution < -0.4 is 10.2 Å². The molecule has 1 aromatic carbocycles. The average molecular weight is 435 g/mol. The molecule has 0 aliphatic heterocycles. The van der Waals surface area contributed by atoms with Gasteiger partial charge in [-0.3, -0.25) is 9.78 Å². The first-order valence-corrected chi connectivity index (χ1v) is 11.4. The maximum Gasteiger partial charge on any atom is 0.287 e. The van der Waals surface area contributed by atoms with Crippen LogP contribution in [0.15, 0.2) is 65.2 Å². The van der Waals surface area contributed by atoms with Crippen LogP contribution in [-0.2, 0) is 24.9 Å². The number of amides is 1. The van der Waals surface area contributed by atoms with Crippen molar-refractivity contribution in [2.24, 2.45) is 0 Å². The zero-order valence-electron chi connectivity index (χ0n) is 19.9. The fourth-order valence-electron chi connectivity index (χ4n) is 3.61. The number of benzene rings is 1. The van der Waals surface area contributed by atoms with Gasteiger partial charge in [-0.05, 0) is 49.1 Å². The molecule has 1 unspecified atom stereocenters. The minimum absolute atomic E-state index is 0.159. The zero-order valence-corrected chi connectivity index (χ0v) is 19.9. The highest BCUT2D eigenvalue weighted by Crippen LogP contribution is 2.22. The molecule has 170 valence electrons. The van der Waals surface area contributed by atoms with Gasteiger partial charge in [-0.15, -0.1) is 0 Å². The van der Waals surface area contributed by atoms with E-state index in [4.69, 9.17) is 4.42 Å². The second-order valence-corrected chi connectivity index (χ2v) is 9.71. The van der Waals surface area contributed by atoms with Crippen LogP contribution in [0.25, 0.3) is 0 Å². The van der Waals surface area contributed by atoms with Crippen LogP contribution in [0.5, 0.6) is 0 Å². The molecule has 0 aliphatic carbocycles. The minimum atomic E-state index is -0.184. The number of nitrogens with one attached hydrogen (secondary N) is 2. The second kappa shape index (κ2) is 10.6. The smallest absolute Gasteiger partial charge is 0.287 e. The maximum absolute atomic E-state index is 12.4. The fraction of sp³-hybridized carbons (Fsp3) is 0.407. The molecule has 32 heavy (non-hydrogen) atoms. The first kappa shape index (κ1) is 23.7. The van der Waals surface area contributed by atoms with Crippen LogP contribution in [0.1, 0.15) is 67.8 Å². The highest BCUT2D eigenvalue weighted by molar-refractivity contribution is 5.91. The second-order valence-electron chi connectivity index (χ2n) is 9.71. The molecule has 0 aliphatic rings.